The molecule has 8 heteroatoms. The SMILES string of the molecule is NC(=S)c1nc(Nc2ccccc2)nc(N2CCOCC2)n1. The van der Waals surface area contributed by atoms with Gasteiger partial charge in [0.15, 0.2) is 5.82 Å². The number of hydrogen-bond acceptors (Lipinski definition) is 7. The molecule has 1 aliphatic heterocycles. The largest absolute Gasteiger partial charge is 0.387 e. The minimum absolute atomic E-state index is 0.146. The summed E-state index contributed by atoms with van der Waals surface area (Å²) in [5, 5.41) is 3.14. The van der Waals surface area contributed by atoms with E-state index in [1.165, 1.54) is 0 Å². The molecule has 0 unspecified atom stereocenters. The van der Waals surface area contributed by atoms with E-state index in [1.54, 1.807) is 0 Å². The molecule has 1 fully saturated rings. The Kier molecular flexibility index (Phi) is 4.40. The van der Waals surface area contributed by atoms with Gasteiger partial charge in [-0.2, -0.15) is 15.0 Å². The predicted octanol–water partition coefficient (Wildman–Crippen LogP) is 1.09. The number of para-hydroxylation sites is 1. The molecule has 3 N–H and O–H groups in total. The van der Waals surface area contributed by atoms with Gasteiger partial charge in [-0.15, -0.1) is 0 Å². The number of rotatable bonds is 4. The van der Waals surface area contributed by atoms with Crippen LogP contribution in [0.4, 0.5) is 17.6 Å². The Morgan fingerprint density at radius 3 is 2.55 bits per heavy atom. The predicted molar refractivity (Wildman–Crippen MR) is 88.5 cm³/mol. The summed E-state index contributed by atoms with van der Waals surface area (Å²) in [6.07, 6.45) is 0. The van der Waals surface area contributed by atoms with Crippen LogP contribution in [0.3, 0.4) is 0 Å². The number of nitrogens with one attached hydrogen (secondary N) is 1. The Hall–Kier alpha value is -2.32. The molecule has 0 atom stereocenters. The van der Waals surface area contributed by atoms with Gasteiger partial charge in [0.1, 0.15) is 4.99 Å². The van der Waals surface area contributed by atoms with E-state index in [4.69, 9.17) is 22.7 Å². The summed E-state index contributed by atoms with van der Waals surface area (Å²) in [6, 6.07) is 9.66. The van der Waals surface area contributed by atoms with Crippen molar-refractivity contribution in [2.75, 3.05) is 36.5 Å². The number of nitrogens with two attached hydrogens (primary N) is 1. The first kappa shape index (κ1) is 14.6. The molecule has 0 amide bonds. The number of aromatic nitrogens is 3. The number of anilines is 3. The number of hydrogen-bond donors (Lipinski definition) is 2. The molecular formula is C14H16N6OS. The molecule has 1 aromatic heterocycles. The van der Waals surface area contributed by atoms with Crippen LogP contribution in [0.15, 0.2) is 30.3 Å². The van der Waals surface area contributed by atoms with Gasteiger partial charge >= 0.3 is 0 Å². The van der Waals surface area contributed by atoms with Crippen LogP contribution in [0.1, 0.15) is 5.82 Å². The van der Waals surface area contributed by atoms with Crippen LogP contribution < -0.4 is 16.0 Å². The number of morpholine rings is 1. The van der Waals surface area contributed by atoms with Gasteiger partial charge in [0.05, 0.1) is 13.2 Å². The molecule has 0 bridgehead atoms. The minimum Gasteiger partial charge on any atom is -0.387 e. The van der Waals surface area contributed by atoms with Crippen LogP contribution in [-0.2, 0) is 4.74 Å². The fourth-order valence-corrected chi connectivity index (χ4v) is 2.18. The highest BCUT2D eigenvalue weighted by molar-refractivity contribution is 7.80. The number of ether oxygens (including phenoxy) is 1. The van der Waals surface area contributed by atoms with Gasteiger partial charge < -0.3 is 20.7 Å². The van der Waals surface area contributed by atoms with E-state index in [0.717, 1.165) is 18.8 Å². The van der Waals surface area contributed by atoms with Gasteiger partial charge in [0, 0.05) is 18.8 Å². The van der Waals surface area contributed by atoms with Gasteiger partial charge in [-0.05, 0) is 12.1 Å². The second-order valence-electron chi connectivity index (χ2n) is 4.74. The van der Waals surface area contributed by atoms with Crippen LogP contribution in [0.5, 0.6) is 0 Å². The average Bonchev–Trinajstić information content (AvgIpc) is 2.56. The smallest absolute Gasteiger partial charge is 0.232 e. The average molecular weight is 316 g/mol. The van der Waals surface area contributed by atoms with Crippen LogP contribution in [0, 0.1) is 0 Å². The van der Waals surface area contributed by atoms with Crippen molar-refractivity contribution < 1.29 is 4.74 Å². The first-order valence-electron chi connectivity index (χ1n) is 6.93. The van der Waals surface area contributed by atoms with Crippen molar-refractivity contribution >= 4 is 34.8 Å². The lowest BCUT2D eigenvalue weighted by atomic mass is 10.3. The van der Waals surface area contributed by atoms with Crippen molar-refractivity contribution in [3.63, 3.8) is 0 Å². The quantitative estimate of drug-likeness (QED) is 0.810. The molecule has 1 aliphatic rings. The molecule has 7 nitrogen and oxygen atoms in total. The van der Waals surface area contributed by atoms with E-state index in [9.17, 15) is 0 Å². The third-order valence-corrected chi connectivity index (χ3v) is 3.35. The Bertz CT molecular complexity index is 660. The number of thiocarbonyl (C=S) groups is 1. The molecule has 0 saturated carbocycles. The van der Waals surface area contributed by atoms with E-state index in [1.807, 2.05) is 35.2 Å². The lowest BCUT2D eigenvalue weighted by Gasteiger charge is -2.27. The fraction of sp³-hybridized carbons (Fsp3) is 0.286. The van der Waals surface area contributed by atoms with Gasteiger partial charge in [0.2, 0.25) is 11.9 Å². The van der Waals surface area contributed by atoms with Gasteiger partial charge in [-0.25, -0.2) is 0 Å². The van der Waals surface area contributed by atoms with E-state index in [-0.39, 0.29) is 4.99 Å². The van der Waals surface area contributed by atoms with Gasteiger partial charge in [-0.1, -0.05) is 30.4 Å². The van der Waals surface area contributed by atoms with E-state index in [0.29, 0.717) is 30.9 Å². The maximum Gasteiger partial charge on any atom is 0.232 e. The maximum atomic E-state index is 5.68. The molecule has 22 heavy (non-hydrogen) atoms. The summed E-state index contributed by atoms with van der Waals surface area (Å²) in [4.78, 5) is 15.2. The third-order valence-electron chi connectivity index (χ3n) is 3.17. The summed E-state index contributed by atoms with van der Waals surface area (Å²) in [6.45, 7) is 2.75. The molecule has 2 heterocycles. The summed E-state index contributed by atoms with van der Waals surface area (Å²) < 4.78 is 5.35. The van der Waals surface area contributed by atoms with Gasteiger partial charge in [-0.3, -0.25) is 0 Å². The Morgan fingerprint density at radius 2 is 1.86 bits per heavy atom. The van der Waals surface area contributed by atoms with Crippen molar-refractivity contribution in [3.05, 3.63) is 36.2 Å². The summed E-state index contributed by atoms with van der Waals surface area (Å²) >= 11 is 5.00. The standard InChI is InChI=1S/C14H16N6OS/c15-11(22)12-17-13(16-10-4-2-1-3-5-10)19-14(18-12)20-6-8-21-9-7-20/h1-5H,6-9H2,(H2,15,22)(H,16,17,18,19). The highest BCUT2D eigenvalue weighted by Crippen LogP contribution is 2.16. The zero-order chi connectivity index (χ0) is 15.4. The van der Waals surface area contributed by atoms with E-state index >= 15 is 0 Å². The number of nitrogens with zero attached hydrogens (tertiary/aromatic N) is 4. The normalized spacial score (nSPS) is 14.6. The fourth-order valence-electron chi connectivity index (χ4n) is 2.09. The maximum absolute atomic E-state index is 5.68. The minimum atomic E-state index is 0.146. The van der Waals surface area contributed by atoms with Crippen molar-refractivity contribution in [3.8, 4) is 0 Å². The molecule has 0 spiro atoms. The molecule has 2 aromatic rings. The van der Waals surface area contributed by atoms with Crippen LogP contribution >= 0.6 is 12.2 Å². The van der Waals surface area contributed by atoms with Crippen molar-refractivity contribution in [2.24, 2.45) is 5.73 Å². The second kappa shape index (κ2) is 6.63. The molecule has 3 rings (SSSR count). The van der Waals surface area contributed by atoms with Crippen molar-refractivity contribution in [1.29, 1.82) is 0 Å². The Labute approximate surface area is 133 Å². The molecule has 1 saturated heterocycles. The van der Waals surface area contributed by atoms with Gasteiger partial charge in [0.25, 0.3) is 0 Å². The molecular weight excluding hydrogens is 300 g/mol. The zero-order valence-electron chi connectivity index (χ0n) is 11.9. The first-order valence-corrected chi connectivity index (χ1v) is 7.34. The van der Waals surface area contributed by atoms with Crippen molar-refractivity contribution in [2.45, 2.75) is 0 Å². The molecule has 0 radical (unpaired) electrons. The van der Waals surface area contributed by atoms with Crippen LogP contribution in [-0.4, -0.2) is 46.2 Å². The van der Waals surface area contributed by atoms with Crippen molar-refractivity contribution in [1.82, 2.24) is 15.0 Å². The lowest BCUT2D eigenvalue weighted by molar-refractivity contribution is 0.122. The third kappa shape index (κ3) is 3.46. The second-order valence-corrected chi connectivity index (χ2v) is 5.18. The van der Waals surface area contributed by atoms with E-state index < -0.39 is 0 Å². The molecule has 1 aromatic carbocycles. The first-order chi connectivity index (χ1) is 10.7. The Morgan fingerprint density at radius 1 is 1.14 bits per heavy atom. The van der Waals surface area contributed by atoms with Crippen LogP contribution in [0.25, 0.3) is 0 Å². The molecule has 0 aliphatic carbocycles. The van der Waals surface area contributed by atoms with E-state index in [2.05, 4.69) is 20.3 Å². The molecule has 114 valence electrons. The highest BCUT2D eigenvalue weighted by Gasteiger charge is 2.17. The highest BCUT2D eigenvalue weighted by atomic mass is 32.1. The van der Waals surface area contributed by atoms with Crippen LogP contribution in [0.2, 0.25) is 0 Å². The monoisotopic (exact) mass is 316 g/mol. The Balaban J connectivity index is 1.91. The number of benzene rings is 1. The zero-order valence-corrected chi connectivity index (χ0v) is 12.7. The summed E-state index contributed by atoms with van der Waals surface area (Å²) in [5.41, 5.74) is 6.57. The summed E-state index contributed by atoms with van der Waals surface area (Å²) in [7, 11) is 0. The topological polar surface area (TPSA) is 89.2 Å². The lowest BCUT2D eigenvalue weighted by Crippen LogP contribution is -2.38. The summed E-state index contributed by atoms with van der Waals surface area (Å²) in [5.74, 6) is 1.29.